The smallest absolute Gasteiger partial charge is 0.123 e. The summed E-state index contributed by atoms with van der Waals surface area (Å²) in [6.07, 6.45) is 2.59. The molecule has 106 valence electrons. The van der Waals surface area contributed by atoms with E-state index in [9.17, 15) is 5.11 Å². The van der Waals surface area contributed by atoms with Crippen LogP contribution in [0.25, 0.3) is 0 Å². The summed E-state index contributed by atoms with van der Waals surface area (Å²) in [5, 5.41) is 9.51. The molecular weight excluding hydrogens is 238 g/mol. The average Bonchev–Trinajstić information content (AvgIpc) is 2.91. The van der Waals surface area contributed by atoms with E-state index in [2.05, 4.69) is 30.9 Å². The van der Waals surface area contributed by atoms with Crippen molar-refractivity contribution in [3.8, 4) is 5.75 Å². The first-order valence-electron chi connectivity index (χ1n) is 7.07. The fourth-order valence-electron chi connectivity index (χ4n) is 2.60. The van der Waals surface area contributed by atoms with Gasteiger partial charge in [0.1, 0.15) is 5.75 Å². The fourth-order valence-corrected chi connectivity index (χ4v) is 2.60. The second-order valence-corrected chi connectivity index (χ2v) is 6.05. The van der Waals surface area contributed by atoms with Gasteiger partial charge < -0.3 is 9.84 Å². The van der Waals surface area contributed by atoms with Gasteiger partial charge in [0.2, 0.25) is 0 Å². The molecule has 1 aromatic rings. The van der Waals surface area contributed by atoms with Gasteiger partial charge in [-0.3, -0.25) is 4.90 Å². The summed E-state index contributed by atoms with van der Waals surface area (Å²) < 4.78 is 5.47. The lowest BCUT2D eigenvalue weighted by molar-refractivity contribution is 0.218. The predicted octanol–water partition coefficient (Wildman–Crippen LogP) is 2.56. The number of methoxy groups -OCH3 is 1. The summed E-state index contributed by atoms with van der Waals surface area (Å²) in [6.45, 7) is 7.58. The molecule has 0 amide bonds. The third-order valence-electron chi connectivity index (χ3n) is 4.05. The van der Waals surface area contributed by atoms with Gasteiger partial charge >= 0.3 is 0 Å². The lowest BCUT2D eigenvalue weighted by atomic mass is 9.84. The summed E-state index contributed by atoms with van der Waals surface area (Å²) in [7, 11) is 1.72. The zero-order valence-corrected chi connectivity index (χ0v) is 12.3. The number of aliphatic hydroxyl groups excluding tert-OH is 1. The predicted molar refractivity (Wildman–Crippen MR) is 77.6 cm³/mol. The van der Waals surface area contributed by atoms with Crippen LogP contribution < -0.4 is 4.74 Å². The molecule has 0 aromatic heterocycles. The minimum absolute atomic E-state index is 0.155. The maximum atomic E-state index is 9.51. The van der Waals surface area contributed by atoms with Gasteiger partial charge in [-0.15, -0.1) is 0 Å². The van der Waals surface area contributed by atoms with E-state index in [1.807, 2.05) is 6.07 Å². The molecule has 3 heteroatoms. The van der Waals surface area contributed by atoms with Gasteiger partial charge in [-0.05, 0) is 37.6 Å². The topological polar surface area (TPSA) is 32.7 Å². The van der Waals surface area contributed by atoms with E-state index in [1.54, 1.807) is 7.11 Å². The van der Waals surface area contributed by atoms with Crippen molar-refractivity contribution < 1.29 is 9.84 Å². The number of likely N-dealkylation sites (tertiary alicyclic amines) is 1. The number of benzene rings is 1. The highest BCUT2D eigenvalue weighted by molar-refractivity contribution is 5.40. The van der Waals surface area contributed by atoms with E-state index < -0.39 is 0 Å². The van der Waals surface area contributed by atoms with Crippen LogP contribution in [0.5, 0.6) is 5.75 Å². The molecule has 0 bridgehead atoms. The maximum Gasteiger partial charge on any atom is 0.123 e. The lowest BCUT2D eigenvalue weighted by Gasteiger charge is -2.25. The van der Waals surface area contributed by atoms with Crippen LogP contribution >= 0.6 is 0 Å². The Kier molecular flexibility index (Phi) is 4.48. The number of nitrogens with zero attached hydrogens (tertiary/aromatic N) is 1. The van der Waals surface area contributed by atoms with Crippen molar-refractivity contribution in [3.05, 3.63) is 29.3 Å². The van der Waals surface area contributed by atoms with Crippen molar-refractivity contribution in [1.29, 1.82) is 0 Å². The first-order valence-corrected chi connectivity index (χ1v) is 7.07. The van der Waals surface area contributed by atoms with Gasteiger partial charge in [0.25, 0.3) is 0 Å². The van der Waals surface area contributed by atoms with Gasteiger partial charge in [0.15, 0.2) is 0 Å². The van der Waals surface area contributed by atoms with E-state index in [4.69, 9.17) is 4.74 Å². The second-order valence-electron chi connectivity index (χ2n) is 6.05. The molecule has 1 aromatic carbocycles. The van der Waals surface area contributed by atoms with E-state index in [0.29, 0.717) is 0 Å². The maximum absolute atomic E-state index is 9.51. The van der Waals surface area contributed by atoms with Gasteiger partial charge in [0.05, 0.1) is 13.7 Å². The number of hydrogen-bond acceptors (Lipinski definition) is 3. The highest BCUT2D eigenvalue weighted by Gasteiger charge is 2.22. The summed E-state index contributed by atoms with van der Waals surface area (Å²) in [6, 6.07) is 6.27. The molecule has 1 fully saturated rings. The van der Waals surface area contributed by atoms with Gasteiger partial charge in [-0.1, -0.05) is 26.0 Å². The van der Waals surface area contributed by atoms with Crippen molar-refractivity contribution in [3.63, 3.8) is 0 Å². The largest absolute Gasteiger partial charge is 0.496 e. The molecule has 1 aliphatic rings. The van der Waals surface area contributed by atoms with Crippen LogP contribution in [0.15, 0.2) is 18.2 Å². The van der Waals surface area contributed by atoms with Crippen molar-refractivity contribution >= 4 is 0 Å². The van der Waals surface area contributed by atoms with E-state index in [0.717, 1.165) is 12.3 Å². The molecule has 0 spiro atoms. The first-order chi connectivity index (χ1) is 9.06. The van der Waals surface area contributed by atoms with Gasteiger partial charge in [-0.25, -0.2) is 0 Å². The number of hydrogen-bond donors (Lipinski definition) is 1. The minimum atomic E-state index is -0.202. The molecule has 0 saturated carbocycles. The molecule has 0 radical (unpaired) electrons. The molecule has 3 nitrogen and oxygen atoms in total. The van der Waals surface area contributed by atoms with Crippen molar-refractivity contribution in [1.82, 2.24) is 4.90 Å². The van der Waals surface area contributed by atoms with Gasteiger partial charge in [-0.2, -0.15) is 0 Å². The summed E-state index contributed by atoms with van der Waals surface area (Å²) in [5.74, 6) is 0.949. The molecule has 0 unspecified atom stereocenters. The van der Waals surface area contributed by atoms with Crippen LogP contribution in [-0.2, 0) is 12.0 Å². The van der Waals surface area contributed by atoms with E-state index >= 15 is 0 Å². The van der Waals surface area contributed by atoms with Gasteiger partial charge in [0, 0.05) is 17.5 Å². The fraction of sp³-hybridized carbons (Fsp3) is 0.625. The van der Waals surface area contributed by atoms with Crippen LogP contribution in [0, 0.1) is 0 Å². The molecule has 0 atom stereocenters. The Morgan fingerprint density at radius 2 is 1.95 bits per heavy atom. The SMILES string of the molecule is COc1ccc(C(C)(C)CO)cc1CN1CCCC1. The number of rotatable bonds is 5. The monoisotopic (exact) mass is 263 g/mol. The van der Waals surface area contributed by atoms with Crippen LogP contribution in [0.4, 0.5) is 0 Å². The quantitative estimate of drug-likeness (QED) is 0.886. The molecule has 1 aliphatic heterocycles. The Labute approximate surface area is 116 Å². The molecule has 0 aliphatic carbocycles. The molecule has 1 heterocycles. The standard InChI is InChI=1S/C16H25NO2/c1-16(2,12-18)14-6-7-15(19-3)13(10-14)11-17-8-4-5-9-17/h6-7,10,18H,4-5,8-9,11-12H2,1-3H3. The highest BCUT2D eigenvalue weighted by Crippen LogP contribution is 2.29. The number of aliphatic hydroxyl groups is 1. The Morgan fingerprint density at radius 1 is 1.26 bits per heavy atom. The molecule has 19 heavy (non-hydrogen) atoms. The molecule has 2 rings (SSSR count). The number of ether oxygens (including phenoxy) is 1. The first kappa shape index (κ1) is 14.4. The van der Waals surface area contributed by atoms with E-state index in [1.165, 1.54) is 37.1 Å². The summed E-state index contributed by atoms with van der Waals surface area (Å²) in [4.78, 5) is 2.47. The summed E-state index contributed by atoms with van der Waals surface area (Å²) in [5.41, 5.74) is 2.19. The Morgan fingerprint density at radius 3 is 2.53 bits per heavy atom. The van der Waals surface area contributed by atoms with Crippen LogP contribution in [0.3, 0.4) is 0 Å². The summed E-state index contributed by atoms with van der Waals surface area (Å²) >= 11 is 0. The zero-order valence-electron chi connectivity index (χ0n) is 12.3. The van der Waals surface area contributed by atoms with Crippen molar-refractivity contribution in [2.75, 3.05) is 26.8 Å². The second kappa shape index (κ2) is 5.93. The van der Waals surface area contributed by atoms with Crippen LogP contribution in [-0.4, -0.2) is 36.8 Å². The Balaban J connectivity index is 2.25. The third-order valence-corrected chi connectivity index (χ3v) is 4.05. The average molecular weight is 263 g/mol. The van der Waals surface area contributed by atoms with Crippen LogP contribution in [0.2, 0.25) is 0 Å². The Bertz CT molecular complexity index is 423. The van der Waals surface area contributed by atoms with E-state index in [-0.39, 0.29) is 12.0 Å². The minimum Gasteiger partial charge on any atom is -0.496 e. The third kappa shape index (κ3) is 3.28. The molecule has 1 saturated heterocycles. The molecular formula is C16H25NO2. The normalized spacial score (nSPS) is 16.8. The van der Waals surface area contributed by atoms with Crippen molar-refractivity contribution in [2.24, 2.45) is 0 Å². The Hall–Kier alpha value is -1.06. The lowest BCUT2D eigenvalue weighted by Crippen LogP contribution is -2.23. The molecule has 1 N–H and O–H groups in total. The van der Waals surface area contributed by atoms with Crippen LogP contribution in [0.1, 0.15) is 37.8 Å². The van der Waals surface area contributed by atoms with Crippen molar-refractivity contribution in [2.45, 2.75) is 38.6 Å². The zero-order chi connectivity index (χ0) is 13.9. The highest BCUT2D eigenvalue weighted by atomic mass is 16.5.